The van der Waals surface area contributed by atoms with Crippen LogP contribution in [0.15, 0.2) is 41.9 Å². The van der Waals surface area contributed by atoms with Crippen LogP contribution in [0.3, 0.4) is 0 Å². The molecule has 26 heavy (non-hydrogen) atoms. The van der Waals surface area contributed by atoms with E-state index in [1.54, 1.807) is 6.08 Å². The summed E-state index contributed by atoms with van der Waals surface area (Å²) < 4.78 is 28.9. The zero-order valence-electron chi connectivity index (χ0n) is 15.6. The van der Waals surface area contributed by atoms with Crippen molar-refractivity contribution < 1.29 is 13.2 Å². The van der Waals surface area contributed by atoms with Crippen molar-refractivity contribution >= 4 is 15.8 Å². The number of hydrogen-bond donors (Lipinski definition) is 2. The Morgan fingerprint density at radius 2 is 2.08 bits per heavy atom. The first kappa shape index (κ1) is 20.3. The molecular formula is C19H29N3O3S. The number of benzene rings is 1. The maximum Gasteiger partial charge on any atom is 0.191 e. The number of nitrogens with zero attached hydrogens (tertiary/aromatic N) is 1. The number of nitrogens with one attached hydrogen (secondary N) is 2. The van der Waals surface area contributed by atoms with Gasteiger partial charge in [0.05, 0.1) is 12.3 Å². The van der Waals surface area contributed by atoms with Crippen LogP contribution >= 0.6 is 0 Å². The molecule has 0 heterocycles. The molecule has 1 aliphatic carbocycles. The van der Waals surface area contributed by atoms with Crippen LogP contribution in [0.4, 0.5) is 0 Å². The molecule has 1 fully saturated rings. The predicted octanol–water partition coefficient (Wildman–Crippen LogP) is 2.13. The van der Waals surface area contributed by atoms with Crippen LogP contribution in [0.1, 0.15) is 25.3 Å². The molecule has 0 atom stereocenters. The SMILES string of the molecule is C=CCOc1ccccc1CN=C(NCC)NCC1(CS(C)(=O)=O)CC1. The lowest BCUT2D eigenvalue weighted by Gasteiger charge is -2.18. The second-order valence-electron chi connectivity index (χ2n) is 6.83. The summed E-state index contributed by atoms with van der Waals surface area (Å²) in [7, 11) is -2.97. The van der Waals surface area contributed by atoms with Crippen molar-refractivity contribution in [3.8, 4) is 5.75 Å². The molecule has 2 N–H and O–H groups in total. The predicted molar refractivity (Wildman–Crippen MR) is 106 cm³/mol. The molecule has 0 bridgehead atoms. The summed E-state index contributed by atoms with van der Waals surface area (Å²) in [6.07, 6.45) is 4.88. The summed E-state index contributed by atoms with van der Waals surface area (Å²) in [6.45, 7) is 7.94. The van der Waals surface area contributed by atoms with E-state index in [2.05, 4.69) is 22.2 Å². The van der Waals surface area contributed by atoms with Crippen molar-refractivity contribution in [2.75, 3.05) is 31.7 Å². The summed E-state index contributed by atoms with van der Waals surface area (Å²) in [6, 6.07) is 7.78. The zero-order valence-corrected chi connectivity index (χ0v) is 16.4. The Hall–Kier alpha value is -2.02. The number of guanidine groups is 1. The van der Waals surface area contributed by atoms with E-state index >= 15 is 0 Å². The van der Waals surface area contributed by atoms with E-state index in [9.17, 15) is 8.42 Å². The minimum absolute atomic E-state index is 0.144. The maximum absolute atomic E-state index is 11.6. The van der Waals surface area contributed by atoms with Crippen LogP contribution in [0.25, 0.3) is 0 Å². The number of sulfone groups is 1. The highest BCUT2D eigenvalue weighted by Crippen LogP contribution is 2.45. The minimum atomic E-state index is -2.97. The number of rotatable bonds is 10. The van der Waals surface area contributed by atoms with Gasteiger partial charge in [0.2, 0.25) is 0 Å². The monoisotopic (exact) mass is 379 g/mol. The van der Waals surface area contributed by atoms with Gasteiger partial charge in [-0.3, -0.25) is 0 Å². The second kappa shape index (κ2) is 9.07. The summed E-state index contributed by atoms with van der Waals surface area (Å²) in [5.74, 6) is 1.71. The fourth-order valence-electron chi connectivity index (χ4n) is 2.81. The van der Waals surface area contributed by atoms with Crippen LogP contribution < -0.4 is 15.4 Å². The summed E-state index contributed by atoms with van der Waals surface area (Å²) in [5, 5.41) is 6.51. The van der Waals surface area contributed by atoms with Crippen molar-refractivity contribution in [2.24, 2.45) is 10.4 Å². The number of para-hydroxylation sites is 1. The molecule has 0 radical (unpaired) electrons. The summed E-state index contributed by atoms with van der Waals surface area (Å²) in [4.78, 5) is 4.62. The third-order valence-corrected chi connectivity index (χ3v) is 5.37. The first-order valence-electron chi connectivity index (χ1n) is 8.89. The Kier molecular flexibility index (Phi) is 7.08. The lowest BCUT2D eigenvalue weighted by atomic mass is 10.1. The van der Waals surface area contributed by atoms with E-state index < -0.39 is 9.84 Å². The number of ether oxygens (including phenoxy) is 1. The van der Waals surface area contributed by atoms with E-state index in [-0.39, 0.29) is 11.2 Å². The van der Waals surface area contributed by atoms with E-state index in [1.807, 2.05) is 31.2 Å². The second-order valence-corrected chi connectivity index (χ2v) is 8.97. The van der Waals surface area contributed by atoms with E-state index in [1.165, 1.54) is 6.26 Å². The van der Waals surface area contributed by atoms with Gasteiger partial charge < -0.3 is 15.4 Å². The molecule has 1 aliphatic rings. The highest BCUT2D eigenvalue weighted by molar-refractivity contribution is 7.90. The first-order chi connectivity index (χ1) is 12.4. The van der Waals surface area contributed by atoms with Gasteiger partial charge >= 0.3 is 0 Å². The highest BCUT2D eigenvalue weighted by atomic mass is 32.2. The number of aliphatic imine (C=N–C) groups is 1. The van der Waals surface area contributed by atoms with Gasteiger partial charge in [0.25, 0.3) is 0 Å². The Balaban J connectivity index is 2.00. The Morgan fingerprint density at radius 3 is 2.69 bits per heavy atom. The van der Waals surface area contributed by atoms with Crippen molar-refractivity contribution in [1.29, 1.82) is 0 Å². The van der Waals surface area contributed by atoms with Gasteiger partial charge in [-0.15, -0.1) is 0 Å². The molecule has 7 heteroatoms. The Bertz CT molecular complexity index is 740. The van der Waals surface area contributed by atoms with E-state index in [0.717, 1.165) is 30.7 Å². The van der Waals surface area contributed by atoms with Gasteiger partial charge in [-0.2, -0.15) is 0 Å². The largest absolute Gasteiger partial charge is 0.489 e. The molecule has 1 saturated carbocycles. The lowest BCUT2D eigenvalue weighted by molar-refractivity contribution is 0.359. The fourth-order valence-corrected chi connectivity index (χ4v) is 4.31. The standard InChI is InChI=1S/C19H29N3O3S/c1-4-12-25-17-9-7-6-8-16(17)13-21-18(20-5-2)22-14-19(10-11-19)15-26(3,23)24/h4,6-9H,1,5,10-15H2,2-3H3,(H2,20,21,22). The maximum atomic E-state index is 11.6. The number of hydrogen-bond acceptors (Lipinski definition) is 4. The normalized spacial score (nSPS) is 16.0. The molecular weight excluding hydrogens is 350 g/mol. The smallest absolute Gasteiger partial charge is 0.191 e. The van der Waals surface area contributed by atoms with Crippen LogP contribution in [-0.2, 0) is 16.4 Å². The van der Waals surface area contributed by atoms with Gasteiger partial charge in [-0.1, -0.05) is 30.9 Å². The topological polar surface area (TPSA) is 79.8 Å². The van der Waals surface area contributed by atoms with Crippen molar-refractivity contribution in [2.45, 2.75) is 26.3 Å². The highest BCUT2D eigenvalue weighted by Gasteiger charge is 2.45. The van der Waals surface area contributed by atoms with E-state index in [4.69, 9.17) is 4.74 Å². The first-order valence-corrected chi connectivity index (χ1v) is 10.9. The average molecular weight is 380 g/mol. The van der Waals surface area contributed by atoms with Gasteiger partial charge in [-0.25, -0.2) is 13.4 Å². The molecule has 2 rings (SSSR count). The van der Waals surface area contributed by atoms with Crippen molar-refractivity contribution in [1.82, 2.24) is 10.6 Å². The van der Waals surface area contributed by atoms with Crippen LogP contribution in [0.2, 0.25) is 0 Å². The third-order valence-electron chi connectivity index (χ3n) is 4.24. The molecule has 0 unspecified atom stereocenters. The van der Waals surface area contributed by atoms with Crippen LogP contribution in [0, 0.1) is 5.41 Å². The van der Waals surface area contributed by atoms with Gasteiger partial charge in [0.1, 0.15) is 22.2 Å². The van der Waals surface area contributed by atoms with Crippen molar-refractivity contribution in [3.05, 3.63) is 42.5 Å². The molecule has 1 aromatic rings. The molecule has 0 aromatic heterocycles. The molecule has 0 amide bonds. The summed E-state index contributed by atoms with van der Waals surface area (Å²) in [5.41, 5.74) is 0.846. The van der Waals surface area contributed by atoms with Crippen molar-refractivity contribution in [3.63, 3.8) is 0 Å². The molecule has 0 saturated heterocycles. The average Bonchev–Trinajstić information content (AvgIpc) is 3.34. The molecule has 144 valence electrons. The van der Waals surface area contributed by atoms with Gasteiger partial charge in [0, 0.05) is 30.3 Å². The van der Waals surface area contributed by atoms with Crippen LogP contribution in [0.5, 0.6) is 5.75 Å². The molecule has 6 nitrogen and oxygen atoms in total. The Morgan fingerprint density at radius 1 is 1.35 bits per heavy atom. The Labute approximate surface area is 156 Å². The molecule has 0 spiro atoms. The van der Waals surface area contributed by atoms with Gasteiger partial charge in [0.15, 0.2) is 5.96 Å². The fraction of sp³-hybridized carbons (Fsp3) is 0.526. The minimum Gasteiger partial charge on any atom is -0.489 e. The molecule has 1 aromatic carbocycles. The lowest BCUT2D eigenvalue weighted by Crippen LogP contribution is -2.41. The third kappa shape index (κ3) is 6.71. The van der Waals surface area contributed by atoms with Gasteiger partial charge in [-0.05, 0) is 25.8 Å². The summed E-state index contributed by atoms with van der Waals surface area (Å²) >= 11 is 0. The van der Waals surface area contributed by atoms with Crippen LogP contribution in [-0.4, -0.2) is 46.1 Å². The quantitative estimate of drug-likeness (QED) is 0.370. The zero-order chi connectivity index (χ0) is 19.0. The molecule has 0 aliphatic heterocycles. The van der Waals surface area contributed by atoms with E-state index in [0.29, 0.717) is 25.7 Å².